The van der Waals surface area contributed by atoms with E-state index < -0.39 is 0 Å². The molecular formula is C20H28N4O2S. The molecule has 4 unspecified atom stereocenters. The summed E-state index contributed by atoms with van der Waals surface area (Å²) in [5.41, 5.74) is 1.16. The van der Waals surface area contributed by atoms with Gasteiger partial charge in [0.25, 0.3) is 0 Å². The van der Waals surface area contributed by atoms with E-state index in [9.17, 15) is 9.59 Å². The quantitative estimate of drug-likeness (QED) is 0.811. The number of urea groups is 1. The fraction of sp³-hybridized carbons (Fsp3) is 0.500. The molecule has 27 heavy (non-hydrogen) atoms. The molecule has 1 aromatic rings. The van der Waals surface area contributed by atoms with Crippen LogP contribution < -0.4 is 10.6 Å². The van der Waals surface area contributed by atoms with Crippen LogP contribution in [0.4, 0.5) is 4.79 Å². The van der Waals surface area contributed by atoms with Crippen molar-refractivity contribution in [3.8, 4) is 0 Å². The van der Waals surface area contributed by atoms with Crippen molar-refractivity contribution in [2.75, 3.05) is 19.8 Å². The lowest BCUT2D eigenvalue weighted by molar-refractivity contribution is -0.140. The number of nitrogens with zero attached hydrogens (tertiary/aromatic N) is 2. The van der Waals surface area contributed by atoms with Crippen molar-refractivity contribution >= 4 is 29.8 Å². The highest BCUT2D eigenvalue weighted by atomic mass is 32.2. The molecule has 2 aliphatic rings. The van der Waals surface area contributed by atoms with Crippen molar-refractivity contribution in [3.05, 3.63) is 42.0 Å². The third-order valence-corrected chi connectivity index (χ3v) is 6.30. The van der Waals surface area contributed by atoms with E-state index in [1.54, 1.807) is 30.8 Å². The third-order valence-electron chi connectivity index (χ3n) is 5.13. The summed E-state index contributed by atoms with van der Waals surface area (Å²) in [5, 5.41) is 6.96. The van der Waals surface area contributed by atoms with Crippen LogP contribution in [-0.2, 0) is 4.79 Å². The van der Waals surface area contributed by atoms with Crippen molar-refractivity contribution in [2.24, 2.45) is 11.8 Å². The van der Waals surface area contributed by atoms with Gasteiger partial charge in [0.05, 0.1) is 23.6 Å². The first-order valence-corrected chi connectivity index (χ1v) is 10.3. The Morgan fingerprint density at radius 3 is 2.52 bits per heavy atom. The van der Waals surface area contributed by atoms with Crippen molar-refractivity contribution in [1.82, 2.24) is 20.4 Å². The Balaban J connectivity index is 1.73. The number of rotatable bonds is 5. The molecule has 2 aliphatic heterocycles. The van der Waals surface area contributed by atoms with Gasteiger partial charge in [-0.05, 0) is 11.5 Å². The molecule has 0 aromatic heterocycles. The topological polar surface area (TPSA) is 64.7 Å². The van der Waals surface area contributed by atoms with Crippen LogP contribution in [0.3, 0.4) is 0 Å². The Bertz CT molecular complexity index is 709. The number of fused-ring (bicyclic) bond motifs is 1. The Morgan fingerprint density at radius 2 is 1.85 bits per heavy atom. The molecule has 3 amide bonds. The summed E-state index contributed by atoms with van der Waals surface area (Å²) in [4.78, 5) is 28.0. The van der Waals surface area contributed by atoms with Gasteiger partial charge in [0.2, 0.25) is 5.91 Å². The van der Waals surface area contributed by atoms with Crippen LogP contribution in [0, 0.1) is 11.8 Å². The molecule has 4 atom stereocenters. The van der Waals surface area contributed by atoms with Crippen molar-refractivity contribution in [2.45, 2.75) is 31.6 Å². The average Bonchev–Trinajstić information content (AvgIpc) is 2.68. The van der Waals surface area contributed by atoms with Gasteiger partial charge in [0.1, 0.15) is 0 Å². The SMILES string of the molecule is CC(C)C1NC(SC/C=C/c2ccccc2)C2C(=O)N(C)C(=O)N(C)C2N1. The average molecular weight is 389 g/mol. The minimum absolute atomic E-state index is 0.0494. The normalized spacial score (nSPS) is 28.9. The van der Waals surface area contributed by atoms with Crippen molar-refractivity contribution in [1.29, 1.82) is 0 Å². The number of hydrogen-bond acceptors (Lipinski definition) is 5. The molecule has 2 heterocycles. The van der Waals surface area contributed by atoms with Crippen LogP contribution in [0.25, 0.3) is 6.08 Å². The van der Waals surface area contributed by atoms with Crippen LogP contribution in [0.2, 0.25) is 0 Å². The Morgan fingerprint density at radius 1 is 1.15 bits per heavy atom. The molecule has 0 saturated carbocycles. The number of benzene rings is 1. The summed E-state index contributed by atoms with van der Waals surface area (Å²) in [6.45, 7) is 4.25. The summed E-state index contributed by atoms with van der Waals surface area (Å²) in [7, 11) is 3.32. The van der Waals surface area contributed by atoms with Crippen LogP contribution in [-0.4, -0.2) is 59.3 Å². The highest BCUT2D eigenvalue weighted by Gasteiger charge is 2.50. The second-order valence-electron chi connectivity index (χ2n) is 7.38. The highest BCUT2D eigenvalue weighted by Crippen LogP contribution is 2.32. The zero-order valence-electron chi connectivity index (χ0n) is 16.3. The molecule has 0 spiro atoms. The standard InChI is InChI=1S/C20H28N4O2S/c1-13(2)16-21-17-15(19(25)24(4)20(26)23(17)3)18(22-16)27-12-8-11-14-9-6-5-7-10-14/h5-11,13,15-18,21-22H,12H2,1-4H3/b11-8+. The molecule has 6 nitrogen and oxygen atoms in total. The fourth-order valence-corrected chi connectivity index (χ4v) is 4.65. The molecule has 2 saturated heterocycles. The van der Waals surface area contributed by atoms with Gasteiger partial charge in [-0.1, -0.05) is 56.3 Å². The lowest BCUT2D eigenvalue weighted by Gasteiger charge is -2.51. The Labute approximate surface area is 165 Å². The fourth-order valence-electron chi connectivity index (χ4n) is 3.52. The highest BCUT2D eigenvalue weighted by molar-refractivity contribution is 8.00. The second-order valence-corrected chi connectivity index (χ2v) is 8.56. The lowest BCUT2D eigenvalue weighted by atomic mass is 9.95. The van der Waals surface area contributed by atoms with Crippen molar-refractivity contribution < 1.29 is 9.59 Å². The van der Waals surface area contributed by atoms with E-state index in [0.717, 1.165) is 11.3 Å². The van der Waals surface area contributed by atoms with Crippen LogP contribution in [0.15, 0.2) is 36.4 Å². The van der Waals surface area contributed by atoms with Gasteiger partial charge in [-0.3, -0.25) is 20.3 Å². The van der Waals surface area contributed by atoms with Gasteiger partial charge in [0.15, 0.2) is 0 Å². The maximum atomic E-state index is 12.8. The van der Waals surface area contributed by atoms with E-state index in [2.05, 4.69) is 48.8 Å². The second kappa shape index (κ2) is 8.46. The molecule has 0 radical (unpaired) electrons. The van der Waals surface area contributed by atoms with Gasteiger partial charge >= 0.3 is 6.03 Å². The van der Waals surface area contributed by atoms with Gasteiger partial charge in [-0.2, -0.15) is 0 Å². The van der Waals surface area contributed by atoms with E-state index in [-0.39, 0.29) is 35.6 Å². The van der Waals surface area contributed by atoms with Crippen LogP contribution in [0.1, 0.15) is 19.4 Å². The van der Waals surface area contributed by atoms with E-state index in [1.807, 2.05) is 18.2 Å². The molecule has 146 valence electrons. The molecule has 0 bridgehead atoms. The molecule has 2 N–H and O–H groups in total. The smallest absolute Gasteiger partial charge is 0.311 e. The maximum Gasteiger partial charge on any atom is 0.327 e. The summed E-state index contributed by atoms with van der Waals surface area (Å²) in [6, 6.07) is 9.90. The number of amides is 3. The zero-order valence-corrected chi connectivity index (χ0v) is 17.1. The number of carbonyl (C=O) groups excluding carboxylic acids is 2. The minimum Gasteiger partial charge on any atom is -0.311 e. The first kappa shape index (κ1) is 19.9. The summed E-state index contributed by atoms with van der Waals surface area (Å²) < 4.78 is 0. The first-order valence-electron chi connectivity index (χ1n) is 9.30. The van der Waals surface area contributed by atoms with Crippen LogP contribution >= 0.6 is 11.8 Å². The number of nitrogens with one attached hydrogen (secondary N) is 2. The number of imide groups is 1. The zero-order chi connectivity index (χ0) is 19.6. The maximum absolute atomic E-state index is 12.8. The largest absolute Gasteiger partial charge is 0.327 e. The van der Waals surface area contributed by atoms with Crippen molar-refractivity contribution in [3.63, 3.8) is 0 Å². The molecule has 1 aromatic carbocycles. The summed E-state index contributed by atoms with van der Waals surface area (Å²) in [5.74, 6) is 0.680. The van der Waals surface area contributed by atoms with E-state index in [0.29, 0.717) is 5.92 Å². The van der Waals surface area contributed by atoms with E-state index >= 15 is 0 Å². The van der Waals surface area contributed by atoms with Gasteiger partial charge in [-0.25, -0.2) is 4.79 Å². The van der Waals surface area contributed by atoms with Crippen LogP contribution in [0.5, 0.6) is 0 Å². The third kappa shape index (κ3) is 4.20. The molecule has 3 rings (SSSR count). The van der Waals surface area contributed by atoms with E-state index in [4.69, 9.17) is 0 Å². The first-order chi connectivity index (χ1) is 12.9. The predicted molar refractivity (Wildman–Crippen MR) is 110 cm³/mol. The monoisotopic (exact) mass is 388 g/mol. The Kier molecular flexibility index (Phi) is 6.24. The number of hydrogen-bond donors (Lipinski definition) is 2. The van der Waals surface area contributed by atoms with E-state index in [1.165, 1.54) is 4.90 Å². The number of thioether (sulfide) groups is 1. The summed E-state index contributed by atoms with van der Waals surface area (Å²) >= 11 is 1.71. The Hall–Kier alpha value is -1.83. The minimum atomic E-state index is -0.317. The summed E-state index contributed by atoms with van der Waals surface area (Å²) in [6.07, 6.45) is 3.98. The molecular weight excluding hydrogens is 360 g/mol. The van der Waals surface area contributed by atoms with Gasteiger partial charge in [-0.15, -0.1) is 11.8 Å². The van der Waals surface area contributed by atoms with Gasteiger partial charge in [0, 0.05) is 19.8 Å². The molecule has 2 fully saturated rings. The predicted octanol–water partition coefficient (Wildman–Crippen LogP) is 2.40. The van der Waals surface area contributed by atoms with Gasteiger partial charge < -0.3 is 4.90 Å². The number of carbonyl (C=O) groups is 2. The molecule has 0 aliphatic carbocycles. The molecule has 7 heteroatoms. The lowest BCUT2D eigenvalue weighted by Crippen LogP contribution is -2.75.